The molecule has 7 unspecified atom stereocenters. The van der Waals surface area contributed by atoms with Gasteiger partial charge in [0.25, 0.3) is 0 Å². The second kappa shape index (κ2) is 10.3. The molecular formula is C48H76. The van der Waals surface area contributed by atoms with E-state index in [2.05, 4.69) is 88.3 Å². The number of hydrogen-bond acceptors (Lipinski definition) is 0. The summed E-state index contributed by atoms with van der Waals surface area (Å²) in [5, 5.41) is 0. The van der Waals surface area contributed by atoms with Crippen molar-refractivity contribution in [3.8, 4) is 0 Å². The van der Waals surface area contributed by atoms with Crippen molar-refractivity contribution in [2.24, 2.45) is 109 Å². The Balaban J connectivity index is 1.10. The van der Waals surface area contributed by atoms with Gasteiger partial charge in [0, 0.05) is 0 Å². The minimum atomic E-state index is 0.372. The van der Waals surface area contributed by atoms with Crippen molar-refractivity contribution in [2.45, 2.75) is 166 Å². The number of rotatable bonds is 3. The van der Waals surface area contributed by atoms with Crippen LogP contribution >= 0.6 is 0 Å². The zero-order chi connectivity index (χ0) is 34.0. The Morgan fingerprint density at radius 3 is 1.44 bits per heavy atom. The Hall–Kier alpha value is -0.520. The fourth-order valence-electron chi connectivity index (χ4n) is 17.1. The lowest BCUT2D eigenvalue weighted by Gasteiger charge is -2.62. The zero-order valence-corrected chi connectivity index (χ0v) is 33.6. The van der Waals surface area contributed by atoms with Gasteiger partial charge in [-0.05, 0) is 199 Å². The van der Waals surface area contributed by atoms with Crippen LogP contribution in [0.4, 0.5) is 0 Å². The van der Waals surface area contributed by atoms with E-state index in [1.807, 2.05) is 11.1 Å². The molecule has 8 saturated carbocycles. The Labute approximate surface area is 297 Å². The Kier molecular flexibility index (Phi) is 7.17. The average molecular weight is 653 g/mol. The topological polar surface area (TPSA) is 0 Å². The highest BCUT2D eigenvalue weighted by Crippen LogP contribution is 2.72. The van der Waals surface area contributed by atoms with Crippen LogP contribution in [0.2, 0.25) is 0 Å². The summed E-state index contributed by atoms with van der Waals surface area (Å²) < 4.78 is 0. The molecule has 10 rings (SSSR count). The molecule has 9 atom stereocenters. The SMILES string of the molecule is CC1(C)CCC(C)(C)C2C[C@@H]3C(C=C21)C(C(C)(C)C1CCC(C2(C)C4CC5CC(C4)CC2C5)C1)C1C=C2C(C[C@@H]13)C(C)(C)CCC2(C)C. The van der Waals surface area contributed by atoms with E-state index >= 15 is 0 Å². The molecule has 8 fully saturated rings. The van der Waals surface area contributed by atoms with Gasteiger partial charge >= 0.3 is 0 Å². The molecule has 0 heterocycles. The number of fused-ring (bicyclic) bond motifs is 5. The van der Waals surface area contributed by atoms with E-state index in [0.717, 1.165) is 76.9 Å². The maximum absolute atomic E-state index is 3.05. The molecule has 0 aromatic rings. The van der Waals surface area contributed by atoms with Gasteiger partial charge in [-0.25, -0.2) is 0 Å². The lowest BCUT2D eigenvalue weighted by Crippen LogP contribution is -2.54. The maximum Gasteiger partial charge on any atom is -0.0141 e. The molecular weight excluding hydrogens is 577 g/mol. The van der Waals surface area contributed by atoms with E-state index in [1.54, 1.807) is 38.5 Å². The van der Waals surface area contributed by atoms with E-state index < -0.39 is 0 Å². The van der Waals surface area contributed by atoms with Crippen LogP contribution in [0.3, 0.4) is 0 Å². The minimum Gasteiger partial charge on any atom is -0.0808 e. The van der Waals surface area contributed by atoms with Gasteiger partial charge in [-0.2, -0.15) is 0 Å². The largest absolute Gasteiger partial charge is 0.0808 e. The van der Waals surface area contributed by atoms with Gasteiger partial charge in [-0.3, -0.25) is 0 Å². The van der Waals surface area contributed by atoms with E-state index in [4.69, 9.17) is 0 Å². The first-order chi connectivity index (χ1) is 22.3. The van der Waals surface area contributed by atoms with Crippen molar-refractivity contribution in [3.63, 3.8) is 0 Å². The van der Waals surface area contributed by atoms with Crippen LogP contribution < -0.4 is 0 Å². The summed E-state index contributed by atoms with van der Waals surface area (Å²) in [7, 11) is 0. The molecule has 0 aromatic carbocycles. The Morgan fingerprint density at radius 1 is 0.521 bits per heavy atom. The van der Waals surface area contributed by atoms with Gasteiger partial charge in [0.2, 0.25) is 0 Å². The fourth-order valence-corrected chi connectivity index (χ4v) is 17.1. The monoisotopic (exact) mass is 653 g/mol. The van der Waals surface area contributed by atoms with Crippen LogP contribution in [0.5, 0.6) is 0 Å². The predicted octanol–water partition coefficient (Wildman–Crippen LogP) is 13.6. The van der Waals surface area contributed by atoms with Crippen molar-refractivity contribution in [1.82, 2.24) is 0 Å². The van der Waals surface area contributed by atoms with Crippen LogP contribution in [0.25, 0.3) is 0 Å². The molecule has 0 nitrogen and oxygen atoms in total. The molecule has 0 amide bonds. The number of allylic oxidation sites excluding steroid dienone is 4. The smallest absolute Gasteiger partial charge is 0.0141 e. The first-order valence-electron chi connectivity index (χ1n) is 21.8. The van der Waals surface area contributed by atoms with Gasteiger partial charge in [-0.1, -0.05) is 99.5 Å². The molecule has 0 aliphatic heterocycles. The van der Waals surface area contributed by atoms with Crippen LogP contribution in [-0.4, -0.2) is 0 Å². The quantitative estimate of drug-likeness (QED) is 0.266. The molecule has 0 saturated heterocycles. The summed E-state index contributed by atoms with van der Waals surface area (Å²) in [4.78, 5) is 0. The average Bonchev–Trinajstić information content (AvgIpc) is 3.64. The van der Waals surface area contributed by atoms with E-state index in [-0.39, 0.29) is 0 Å². The highest BCUT2D eigenvalue weighted by Gasteiger charge is 2.64. The highest BCUT2D eigenvalue weighted by molar-refractivity contribution is 5.34. The van der Waals surface area contributed by atoms with Crippen LogP contribution in [0.15, 0.2) is 23.3 Å². The minimum absolute atomic E-state index is 0.372. The second-order valence-corrected chi connectivity index (χ2v) is 24.3. The summed E-state index contributed by atoms with van der Waals surface area (Å²) in [5.74, 6) is 11.9. The lowest BCUT2D eigenvalue weighted by molar-refractivity contribution is -0.130. The molecule has 4 bridgehead atoms. The van der Waals surface area contributed by atoms with E-state index in [9.17, 15) is 0 Å². The van der Waals surface area contributed by atoms with Crippen LogP contribution in [0.1, 0.15) is 166 Å². The van der Waals surface area contributed by atoms with Gasteiger partial charge in [0.1, 0.15) is 0 Å². The van der Waals surface area contributed by atoms with Crippen molar-refractivity contribution >= 4 is 0 Å². The van der Waals surface area contributed by atoms with Crippen molar-refractivity contribution in [3.05, 3.63) is 23.3 Å². The third-order valence-electron chi connectivity index (χ3n) is 20.2. The Bertz CT molecular complexity index is 1280. The summed E-state index contributed by atoms with van der Waals surface area (Å²) >= 11 is 0. The molecule has 48 heavy (non-hydrogen) atoms. The Morgan fingerprint density at radius 2 is 0.979 bits per heavy atom. The summed E-state index contributed by atoms with van der Waals surface area (Å²) in [6, 6.07) is 0. The number of hydrogen-bond donors (Lipinski definition) is 0. The lowest BCUT2D eigenvalue weighted by atomic mass is 9.42. The van der Waals surface area contributed by atoms with Gasteiger partial charge in [0.05, 0.1) is 0 Å². The third kappa shape index (κ3) is 4.56. The first kappa shape index (κ1) is 33.3. The molecule has 0 N–H and O–H groups in total. The van der Waals surface area contributed by atoms with Gasteiger partial charge in [-0.15, -0.1) is 0 Å². The highest BCUT2D eigenvalue weighted by atomic mass is 14.7. The summed E-state index contributed by atoms with van der Waals surface area (Å²) in [6.45, 7) is 29.6. The fraction of sp³-hybridized carbons (Fsp3) is 0.917. The van der Waals surface area contributed by atoms with E-state index in [0.29, 0.717) is 32.5 Å². The van der Waals surface area contributed by atoms with Crippen molar-refractivity contribution in [2.75, 3.05) is 0 Å². The van der Waals surface area contributed by atoms with Crippen LogP contribution in [0, 0.1) is 109 Å². The zero-order valence-electron chi connectivity index (χ0n) is 33.6. The third-order valence-corrected chi connectivity index (χ3v) is 20.2. The van der Waals surface area contributed by atoms with Crippen LogP contribution in [-0.2, 0) is 0 Å². The molecule has 0 aromatic heterocycles. The summed E-state index contributed by atoms with van der Waals surface area (Å²) in [6.07, 6.45) is 27.2. The standard InChI is InChI=1S/C48H76/c1-43(2)14-16-45(5,6)40-26-36-34(24-38(40)43)35-25-39-41(46(7,8)17-15-44(39,3)4)27-37(35)42(36)47(9,10)30-12-13-31(23-30)48(11)32-19-28-18-29(21-32)22-33(48)20-28/h26-39,42H,12-25H2,1-11H3/t28?,29?,30?,31?,32?,33?,34-,35+,36?,37?,38?,39?,42?,48?. The molecule has 10 aliphatic carbocycles. The summed E-state index contributed by atoms with van der Waals surface area (Å²) in [5.41, 5.74) is 6.48. The van der Waals surface area contributed by atoms with Gasteiger partial charge in [0.15, 0.2) is 0 Å². The molecule has 0 spiro atoms. The van der Waals surface area contributed by atoms with Crippen molar-refractivity contribution in [1.29, 1.82) is 0 Å². The molecule has 0 radical (unpaired) electrons. The first-order valence-corrected chi connectivity index (χ1v) is 21.8. The predicted molar refractivity (Wildman–Crippen MR) is 203 cm³/mol. The normalized spacial score (nSPS) is 52.1. The van der Waals surface area contributed by atoms with Gasteiger partial charge < -0.3 is 0 Å². The molecule has 10 aliphatic rings. The van der Waals surface area contributed by atoms with E-state index in [1.165, 1.54) is 51.4 Å². The molecule has 0 heteroatoms. The molecule has 268 valence electrons. The van der Waals surface area contributed by atoms with Crippen molar-refractivity contribution < 1.29 is 0 Å². The second-order valence-electron chi connectivity index (χ2n) is 24.3. The maximum atomic E-state index is 3.05.